The summed E-state index contributed by atoms with van der Waals surface area (Å²) in [6, 6.07) is 0.514. The summed E-state index contributed by atoms with van der Waals surface area (Å²) < 4.78 is 1.79. The van der Waals surface area contributed by atoms with Crippen molar-refractivity contribution in [2.24, 2.45) is 7.05 Å². The summed E-state index contributed by atoms with van der Waals surface area (Å²) in [5, 5.41) is 12.0. The Labute approximate surface area is 112 Å². The predicted molar refractivity (Wildman–Crippen MR) is 76.3 cm³/mol. The normalized spacial score (nSPS) is 16.1. The fraction of sp³-hybridized carbons (Fsp3) is 0.615. The van der Waals surface area contributed by atoms with Gasteiger partial charge in [0.1, 0.15) is 5.82 Å². The maximum atomic E-state index is 4.58. The zero-order valence-electron chi connectivity index (χ0n) is 11.5. The number of aromatic nitrogens is 4. The number of nitrogens with zero attached hydrogens (tertiary/aromatic N) is 4. The van der Waals surface area contributed by atoms with Crippen LogP contribution in [0.5, 0.6) is 0 Å². The zero-order chi connectivity index (χ0) is 13.2. The Balaban J connectivity index is 1.96. The minimum absolute atomic E-state index is 0.514. The molecule has 0 radical (unpaired) electrons. The van der Waals surface area contributed by atoms with E-state index in [0.717, 1.165) is 23.4 Å². The smallest absolute Gasteiger partial charge is 0.226 e. The minimum Gasteiger partial charge on any atom is -0.370 e. The average molecular weight is 260 g/mol. The topological polar surface area (TPSA) is 67.7 Å². The number of aryl methyl sites for hydroxylation is 1. The maximum Gasteiger partial charge on any atom is 0.226 e. The van der Waals surface area contributed by atoms with Crippen molar-refractivity contribution < 1.29 is 0 Å². The van der Waals surface area contributed by atoms with Gasteiger partial charge in [-0.2, -0.15) is 15.1 Å². The van der Waals surface area contributed by atoms with Crippen LogP contribution in [0.3, 0.4) is 0 Å². The highest BCUT2D eigenvalue weighted by Crippen LogP contribution is 2.24. The molecule has 0 unspecified atom stereocenters. The second-order valence-electron chi connectivity index (χ2n) is 5.06. The molecule has 19 heavy (non-hydrogen) atoms. The van der Waals surface area contributed by atoms with Gasteiger partial charge in [0.15, 0.2) is 5.65 Å². The first-order valence-corrected chi connectivity index (χ1v) is 6.98. The second kappa shape index (κ2) is 5.03. The van der Waals surface area contributed by atoms with E-state index in [1.807, 2.05) is 13.2 Å². The van der Waals surface area contributed by atoms with Gasteiger partial charge in [-0.15, -0.1) is 0 Å². The van der Waals surface area contributed by atoms with E-state index < -0.39 is 0 Å². The van der Waals surface area contributed by atoms with Crippen LogP contribution in [0, 0.1) is 0 Å². The van der Waals surface area contributed by atoms with E-state index in [9.17, 15) is 0 Å². The molecule has 0 bridgehead atoms. The molecule has 0 saturated heterocycles. The van der Waals surface area contributed by atoms with Crippen molar-refractivity contribution in [1.29, 1.82) is 0 Å². The molecule has 3 rings (SSSR count). The summed E-state index contributed by atoms with van der Waals surface area (Å²) in [4.78, 5) is 9.16. The molecular weight excluding hydrogens is 240 g/mol. The predicted octanol–water partition coefficient (Wildman–Crippen LogP) is 2.15. The van der Waals surface area contributed by atoms with Crippen LogP contribution >= 0.6 is 0 Å². The highest BCUT2D eigenvalue weighted by Gasteiger charge is 2.17. The minimum atomic E-state index is 0.514. The molecular formula is C13H20N6. The van der Waals surface area contributed by atoms with Gasteiger partial charge < -0.3 is 10.6 Å². The molecule has 2 aromatic rings. The average Bonchev–Trinajstić information content (AvgIpc) is 3.01. The quantitative estimate of drug-likeness (QED) is 0.881. The van der Waals surface area contributed by atoms with Crippen molar-refractivity contribution in [1.82, 2.24) is 19.7 Å². The van der Waals surface area contributed by atoms with E-state index in [0.29, 0.717) is 12.0 Å². The van der Waals surface area contributed by atoms with Crippen molar-refractivity contribution >= 4 is 22.8 Å². The van der Waals surface area contributed by atoms with Gasteiger partial charge in [-0.3, -0.25) is 4.68 Å². The van der Waals surface area contributed by atoms with Crippen molar-refractivity contribution in [2.45, 2.75) is 38.6 Å². The lowest BCUT2D eigenvalue weighted by Gasteiger charge is -2.13. The largest absolute Gasteiger partial charge is 0.370 e. The Kier molecular flexibility index (Phi) is 3.23. The third kappa shape index (κ3) is 2.34. The van der Waals surface area contributed by atoms with Gasteiger partial charge in [-0.1, -0.05) is 12.8 Å². The van der Waals surface area contributed by atoms with E-state index in [2.05, 4.69) is 32.6 Å². The van der Waals surface area contributed by atoms with Crippen LogP contribution in [-0.2, 0) is 7.05 Å². The molecule has 1 aliphatic carbocycles. The summed E-state index contributed by atoms with van der Waals surface area (Å²) >= 11 is 0. The lowest BCUT2D eigenvalue weighted by atomic mass is 10.2. The van der Waals surface area contributed by atoms with Crippen LogP contribution in [0.1, 0.15) is 32.6 Å². The zero-order valence-corrected chi connectivity index (χ0v) is 11.5. The van der Waals surface area contributed by atoms with Crippen LogP contribution in [-0.4, -0.2) is 32.3 Å². The number of fused-ring (bicyclic) bond motifs is 1. The Morgan fingerprint density at radius 2 is 2.11 bits per heavy atom. The van der Waals surface area contributed by atoms with E-state index in [1.54, 1.807) is 4.68 Å². The number of hydrogen-bond acceptors (Lipinski definition) is 5. The van der Waals surface area contributed by atoms with Gasteiger partial charge >= 0.3 is 0 Å². The van der Waals surface area contributed by atoms with E-state index >= 15 is 0 Å². The van der Waals surface area contributed by atoms with Gasteiger partial charge in [-0.05, 0) is 19.8 Å². The van der Waals surface area contributed by atoms with Gasteiger partial charge in [0.05, 0.1) is 11.6 Å². The molecule has 1 aliphatic rings. The molecule has 6 heteroatoms. The van der Waals surface area contributed by atoms with Gasteiger partial charge in [0.25, 0.3) is 0 Å². The molecule has 2 heterocycles. The van der Waals surface area contributed by atoms with E-state index in [4.69, 9.17) is 0 Å². The Morgan fingerprint density at radius 1 is 1.32 bits per heavy atom. The maximum absolute atomic E-state index is 4.58. The molecule has 0 aliphatic heterocycles. The fourth-order valence-electron chi connectivity index (χ4n) is 2.64. The lowest BCUT2D eigenvalue weighted by Crippen LogP contribution is -2.17. The van der Waals surface area contributed by atoms with Crippen molar-refractivity contribution in [3.63, 3.8) is 0 Å². The first-order valence-electron chi connectivity index (χ1n) is 6.98. The molecule has 0 spiro atoms. The molecule has 0 amide bonds. The van der Waals surface area contributed by atoms with Crippen molar-refractivity contribution in [3.8, 4) is 0 Å². The molecule has 1 fully saturated rings. The molecule has 2 N–H and O–H groups in total. The van der Waals surface area contributed by atoms with Crippen molar-refractivity contribution in [2.75, 3.05) is 17.2 Å². The second-order valence-corrected chi connectivity index (χ2v) is 5.06. The summed E-state index contributed by atoms with van der Waals surface area (Å²) in [7, 11) is 1.91. The van der Waals surface area contributed by atoms with Crippen molar-refractivity contribution in [3.05, 3.63) is 6.20 Å². The lowest BCUT2D eigenvalue weighted by molar-refractivity contribution is 0.741. The van der Waals surface area contributed by atoms with Crippen LogP contribution in [0.2, 0.25) is 0 Å². The number of nitrogens with one attached hydrogen (secondary N) is 2. The third-order valence-electron chi connectivity index (χ3n) is 3.62. The van der Waals surface area contributed by atoms with E-state index in [-0.39, 0.29) is 0 Å². The number of rotatable bonds is 4. The highest BCUT2D eigenvalue weighted by atomic mass is 15.3. The van der Waals surface area contributed by atoms with Crippen LogP contribution in [0.4, 0.5) is 11.8 Å². The molecule has 102 valence electrons. The number of anilines is 2. The summed E-state index contributed by atoms with van der Waals surface area (Å²) in [5.41, 5.74) is 0.867. The van der Waals surface area contributed by atoms with Crippen LogP contribution in [0.25, 0.3) is 11.0 Å². The highest BCUT2D eigenvalue weighted by molar-refractivity contribution is 5.87. The number of hydrogen-bond donors (Lipinski definition) is 2. The standard InChI is InChI=1S/C13H20N6/c1-3-14-11-10-8-15-19(2)12(10)18-13(17-11)16-9-6-4-5-7-9/h8-9H,3-7H2,1-2H3,(H2,14,16,17,18). The summed E-state index contributed by atoms with van der Waals surface area (Å²) in [6.07, 6.45) is 6.83. The Bertz CT molecular complexity index is 570. The summed E-state index contributed by atoms with van der Waals surface area (Å²) in [5.74, 6) is 1.57. The van der Waals surface area contributed by atoms with Crippen LogP contribution in [0.15, 0.2) is 6.20 Å². The van der Waals surface area contributed by atoms with Gasteiger partial charge in [0.2, 0.25) is 5.95 Å². The van der Waals surface area contributed by atoms with Gasteiger partial charge in [0, 0.05) is 19.6 Å². The molecule has 6 nitrogen and oxygen atoms in total. The fourth-order valence-corrected chi connectivity index (χ4v) is 2.64. The Hall–Kier alpha value is -1.85. The first kappa shape index (κ1) is 12.2. The summed E-state index contributed by atoms with van der Waals surface area (Å²) in [6.45, 7) is 2.90. The molecule has 2 aromatic heterocycles. The van der Waals surface area contributed by atoms with Gasteiger partial charge in [-0.25, -0.2) is 0 Å². The SMILES string of the molecule is CCNc1nc(NC2CCCC2)nc2c1cnn2C. The third-order valence-corrected chi connectivity index (χ3v) is 3.62. The molecule has 0 atom stereocenters. The first-order chi connectivity index (χ1) is 9.28. The molecule has 1 saturated carbocycles. The monoisotopic (exact) mass is 260 g/mol. The Morgan fingerprint density at radius 3 is 2.84 bits per heavy atom. The molecule has 0 aromatic carbocycles. The van der Waals surface area contributed by atoms with Crippen LogP contribution < -0.4 is 10.6 Å². The van der Waals surface area contributed by atoms with E-state index in [1.165, 1.54) is 25.7 Å².